The predicted molar refractivity (Wildman–Crippen MR) is 170 cm³/mol. The second kappa shape index (κ2) is 23.8. The molecule has 2 aliphatic rings. The zero-order valence-corrected chi connectivity index (χ0v) is 27.5. The summed E-state index contributed by atoms with van der Waals surface area (Å²) >= 11 is 0. The Bertz CT molecular complexity index is 787. The minimum atomic E-state index is -0.560. The van der Waals surface area contributed by atoms with Gasteiger partial charge in [-0.3, -0.25) is 19.2 Å². The van der Waals surface area contributed by atoms with Crippen LogP contribution >= 0.6 is 0 Å². The van der Waals surface area contributed by atoms with E-state index in [-0.39, 0.29) is 17.4 Å². The van der Waals surface area contributed by atoms with Crippen LogP contribution in [0, 0.1) is 11.3 Å². The van der Waals surface area contributed by atoms with E-state index in [1.807, 2.05) is 11.9 Å². The lowest BCUT2D eigenvalue weighted by Gasteiger charge is -2.36. The third-order valence-electron chi connectivity index (χ3n) is 6.66. The molecule has 0 aromatic rings. The van der Waals surface area contributed by atoms with Crippen molar-refractivity contribution in [3.8, 4) is 0 Å². The maximum absolute atomic E-state index is 12.9. The largest absolute Gasteiger partial charge is 0.375 e. The number of nitrogens with zero attached hydrogens (tertiary/aromatic N) is 1. The van der Waals surface area contributed by atoms with E-state index in [1.54, 1.807) is 0 Å². The molecular formula is C32H61N5O4. The van der Waals surface area contributed by atoms with Crippen LogP contribution < -0.4 is 21.3 Å². The maximum Gasteiger partial charge on any atom is 0.287 e. The van der Waals surface area contributed by atoms with E-state index in [0.29, 0.717) is 12.6 Å². The van der Waals surface area contributed by atoms with Crippen molar-refractivity contribution in [3.63, 3.8) is 0 Å². The van der Waals surface area contributed by atoms with Crippen LogP contribution in [0.4, 0.5) is 0 Å². The van der Waals surface area contributed by atoms with Crippen molar-refractivity contribution in [2.45, 2.75) is 119 Å². The summed E-state index contributed by atoms with van der Waals surface area (Å²) in [5.74, 6) is 1.04. The smallest absolute Gasteiger partial charge is 0.287 e. The Hall–Kier alpha value is -2.84. The molecule has 0 radical (unpaired) electrons. The number of hydrogen-bond donors (Lipinski definition) is 4. The fraction of sp³-hybridized carbons (Fsp3) is 0.750. The van der Waals surface area contributed by atoms with Gasteiger partial charge in [0.2, 0.25) is 18.1 Å². The van der Waals surface area contributed by atoms with Crippen LogP contribution in [0.25, 0.3) is 0 Å². The molecule has 41 heavy (non-hydrogen) atoms. The van der Waals surface area contributed by atoms with E-state index in [1.165, 1.54) is 45.1 Å². The van der Waals surface area contributed by atoms with Gasteiger partial charge in [0.1, 0.15) is 6.04 Å². The summed E-state index contributed by atoms with van der Waals surface area (Å²) in [5.41, 5.74) is -0.122. The summed E-state index contributed by atoms with van der Waals surface area (Å²) in [5, 5.41) is 11.5. The van der Waals surface area contributed by atoms with Crippen LogP contribution in [0.15, 0.2) is 24.6 Å². The number of ketones is 1. The molecule has 1 aliphatic heterocycles. The molecule has 2 rings (SSSR count). The van der Waals surface area contributed by atoms with Gasteiger partial charge in [-0.15, -0.1) is 6.58 Å². The molecule has 9 nitrogen and oxygen atoms in total. The van der Waals surface area contributed by atoms with Gasteiger partial charge in [0.15, 0.2) is 0 Å². The highest BCUT2D eigenvalue weighted by molar-refractivity contribution is 6.35. The first-order valence-corrected chi connectivity index (χ1v) is 15.4. The second-order valence-electron chi connectivity index (χ2n) is 11.7. The van der Waals surface area contributed by atoms with Gasteiger partial charge in [-0.05, 0) is 50.0 Å². The van der Waals surface area contributed by atoms with E-state index in [4.69, 9.17) is 0 Å². The Morgan fingerprint density at radius 1 is 1.07 bits per heavy atom. The van der Waals surface area contributed by atoms with Gasteiger partial charge in [-0.2, -0.15) is 0 Å². The first-order chi connectivity index (χ1) is 19.3. The lowest BCUT2D eigenvalue weighted by atomic mass is 9.83. The molecule has 2 fully saturated rings. The number of Topliss-reactive ketones (excluding diaryl/α,β-unsaturated/α-hetero) is 1. The third-order valence-corrected chi connectivity index (χ3v) is 6.66. The minimum absolute atomic E-state index is 0.122. The van der Waals surface area contributed by atoms with E-state index in [9.17, 15) is 19.2 Å². The van der Waals surface area contributed by atoms with Crippen molar-refractivity contribution in [2.24, 2.45) is 11.3 Å². The monoisotopic (exact) mass is 579 g/mol. The third kappa shape index (κ3) is 19.0. The molecule has 2 unspecified atom stereocenters. The fourth-order valence-corrected chi connectivity index (χ4v) is 4.09. The van der Waals surface area contributed by atoms with Crippen LogP contribution in [0.1, 0.15) is 107 Å². The SMILES string of the molecule is C=CCNC(=O)C(C)=O.CC/C=C(/NC)NC(C(=O)N1CCCC1C)C(C)(C)C.CCC.O=CNCCC1CCC1. The van der Waals surface area contributed by atoms with E-state index >= 15 is 0 Å². The van der Waals surface area contributed by atoms with Crippen LogP contribution in [0.3, 0.4) is 0 Å². The van der Waals surface area contributed by atoms with E-state index in [0.717, 1.165) is 50.5 Å². The fourth-order valence-electron chi connectivity index (χ4n) is 4.09. The highest BCUT2D eigenvalue weighted by Gasteiger charge is 2.37. The standard InChI is InChI=1S/C16H31N3O.C7H13NO.C6H9NO2.C3H8/c1-7-9-13(17-6)18-14(16(3,4)5)15(20)19-11-8-10-12(19)2;9-6-8-5-4-7-2-1-3-7;1-3-4-7-6(9)5(2)8;1-3-2/h9,12,14,17-18H,7-8,10-11H2,1-6H3;6-7H,1-5H2,(H,8,9);3H,1,4H2,2H3,(H,7,9);3H2,1-2H3/b13-9-;;;. The first-order valence-electron chi connectivity index (χ1n) is 15.4. The van der Waals surface area contributed by atoms with Gasteiger partial charge in [-0.1, -0.05) is 73.3 Å². The summed E-state index contributed by atoms with van der Waals surface area (Å²) in [6.07, 6.45) is 14.1. The lowest BCUT2D eigenvalue weighted by Crippen LogP contribution is -2.54. The molecule has 0 aromatic carbocycles. The van der Waals surface area contributed by atoms with Crippen molar-refractivity contribution in [1.82, 2.24) is 26.2 Å². The van der Waals surface area contributed by atoms with Gasteiger partial charge < -0.3 is 26.2 Å². The second-order valence-corrected chi connectivity index (χ2v) is 11.7. The molecule has 1 saturated heterocycles. The Morgan fingerprint density at radius 2 is 1.68 bits per heavy atom. The van der Waals surface area contributed by atoms with Crippen LogP contribution in [-0.2, 0) is 19.2 Å². The molecule has 1 heterocycles. The van der Waals surface area contributed by atoms with Crippen molar-refractivity contribution in [2.75, 3.05) is 26.7 Å². The number of hydrogen-bond acceptors (Lipinski definition) is 6. The van der Waals surface area contributed by atoms with Crippen molar-refractivity contribution in [3.05, 3.63) is 24.6 Å². The summed E-state index contributed by atoms with van der Waals surface area (Å²) in [4.78, 5) is 45.3. The number of allylic oxidation sites excluding steroid dienone is 1. The molecule has 2 atom stereocenters. The van der Waals surface area contributed by atoms with E-state index in [2.05, 4.69) is 82.4 Å². The van der Waals surface area contributed by atoms with Crippen LogP contribution in [-0.4, -0.2) is 67.7 Å². The number of rotatable bonds is 12. The molecule has 9 heteroatoms. The zero-order valence-electron chi connectivity index (χ0n) is 27.5. The first kappa shape index (κ1) is 40.3. The average molecular weight is 580 g/mol. The molecule has 1 saturated carbocycles. The van der Waals surface area contributed by atoms with Gasteiger partial charge in [-0.25, -0.2) is 0 Å². The molecular weight excluding hydrogens is 518 g/mol. The van der Waals surface area contributed by atoms with Crippen LogP contribution in [0.5, 0.6) is 0 Å². The molecule has 1 aliphatic carbocycles. The Balaban J connectivity index is 0. The van der Waals surface area contributed by atoms with Gasteiger partial charge in [0.25, 0.3) is 5.91 Å². The Morgan fingerprint density at radius 3 is 2.05 bits per heavy atom. The summed E-state index contributed by atoms with van der Waals surface area (Å²) in [6.45, 7) is 21.5. The quantitative estimate of drug-likeness (QED) is 0.115. The van der Waals surface area contributed by atoms with Crippen molar-refractivity contribution in [1.29, 1.82) is 0 Å². The minimum Gasteiger partial charge on any atom is -0.375 e. The normalized spacial score (nSPS) is 17.0. The van der Waals surface area contributed by atoms with Gasteiger partial charge in [0, 0.05) is 39.6 Å². The molecule has 3 amide bonds. The number of nitrogens with one attached hydrogen (secondary N) is 4. The lowest BCUT2D eigenvalue weighted by molar-refractivity contribution is -0.136. The van der Waals surface area contributed by atoms with Crippen molar-refractivity contribution < 1.29 is 19.2 Å². The highest BCUT2D eigenvalue weighted by atomic mass is 16.2. The zero-order chi connectivity index (χ0) is 31.8. The van der Waals surface area contributed by atoms with Crippen LogP contribution in [0.2, 0.25) is 0 Å². The molecule has 0 spiro atoms. The number of carbonyl (C=O) groups is 4. The molecule has 0 aromatic heterocycles. The topological polar surface area (TPSA) is 120 Å². The van der Waals surface area contributed by atoms with Gasteiger partial charge in [0.05, 0.1) is 5.82 Å². The van der Waals surface area contributed by atoms with E-state index < -0.39 is 11.7 Å². The maximum atomic E-state index is 12.9. The van der Waals surface area contributed by atoms with Crippen molar-refractivity contribution >= 4 is 24.0 Å². The number of likely N-dealkylation sites (tertiary alicyclic amines) is 1. The molecule has 238 valence electrons. The number of amides is 3. The predicted octanol–water partition coefficient (Wildman–Crippen LogP) is 4.69. The summed E-state index contributed by atoms with van der Waals surface area (Å²) in [6, 6.07) is 0.163. The highest BCUT2D eigenvalue weighted by Crippen LogP contribution is 2.28. The number of carbonyl (C=O) groups excluding carboxylic acids is 4. The van der Waals surface area contributed by atoms with Gasteiger partial charge >= 0.3 is 0 Å². The molecule has 0 bridgehead atoms. The molecule has 4 N–H and O–H groups in total. The Kier molecular flexibility index (Phi) is 23.4. The average Bonchev–Trinajstić information content (AvgIpc) is 3.32. The Labute approximate surface area is 250 Å². The summed E-state index contributed by atoms with van der Waals surface area (Å²) < 4.78 is 0. The summed E-state index contributed by atoms with van der Waals surface area (Å²) in [7, 11) is 1.89.